The number of carbonyl (C=O) groups is 13. The summed E-state index contributed by atoms with van der Waals surface area (Å²) in [7, 11) is 0. The van der Waals surface area contributed by atoms with Crippen molar-refractivity contribution in [2.75, 3.05) is 52.4 Å². The van der Waals surface area contributed by atoms with Crippen LogP contribution >= 0.6 is 11.6 Å². The van der Waals surface area contributed by atoms with E-state index in [1.807, 2.05) is 84.0 Å². The normalized spacial score (nSPS) is 14.2. The highest BCUT2D eigenvalue weighted by Gasteiger charge is 2.40. The number of aliphatic carboxylic acids is 2. The van der Waals surface area contributed by atoms with E-state index >= 15 is 9.59 Å². The van der Waals surface area contributed by atoms with E-state index in [-0.39, 0.29) is 76.0 Å². The van der Waals surface area contributed by atoms with E-state index in [2.05, 4.69) is 84.1 Å². The van der Waals surface area contributed by atoms with Crippen molar-refractivity contribution >= 4 is 111 Å². The predicted molar refractivity (Wildman–Crippen MR) is 455 cm³/mol. The molecular formula is C84H121ClN18O17. The number of halogens is 1. The van der Waals surface area contributed by atoms with Crippen LogP contribution in [0.15, 0.2) is 126 Å². The molecule has 11 amide bonds. The number of nitrogens with one attached hydrogen (secondary N) is 13. The molecule has 120 heavy (non-hydrogen) atoms. The molecule has 0 aliphatic carbocycles. The summed E-state index contributed by atoms with van der Waals surface area (Å²) in [4.78, 5) is 190. The average molecular weight is 1690 g/mol. The molecule has 10 atom stereocenters. The van der Waals surface area contributed by atoms with Gasteiger partial charge in [0.1, 0.15) is 66.2 Å². The lowest BCUT2D eigenvalue weighted by atomic mass is 9.99. The van der Waals surface area contributed by atoms with E-state index in [1.165, 1.54) is 55.4 Å². The third kappa shape index (κ3) is 37.7. The minimum atomic E-state index is -1.82. The number of fused-ring (bicyclic) bond motifs is 1. The van der Waals surface area contributed by atoms with Crippen LogP contribution in [-0.4, -0.2) is 232 Å². The number of aromatic hydroxyl groups is 1. The number of carboxylic acid groups (broad SMARTS) is 2. The Bertz CT molecular complexity index is 4180. The van der Waals surface area contributed by atoms with E-state index in [9.17, 15) is 53.4 Å². The number of aliphatic hydroxyl groups excluding tert-OH is 1. The van der Waals surface area contributed by atoms with Crippen molar-refractivity contribution in [2.45, 2.75) is 213 Å². The summed E-state index contributed by atoms with van der Waals surface area (Å²) < 4.78 is 0. The molecule has 0 saturated carbocycles. The van der Waals surface area contributed by atoms with E-state index in [0.29, 0.717) is 104 Å². The maximum absolute atomic E-state index is 15.2. The van der Waals surface area contributed by atoms with Crippen LogP contribution in [0.3, 0.4) is 0 Å². The first-order valence-electron chi connectivity index (χ1n) is 40.4. The highest BCUT2D eigenvalue weighted by molar-refractivity contribution is 6.30. The van der Waals surface area contributed by atoms with Crippen LogP contribution in [0.4, 0.5) is 0 Å². The fraction of sp³-hybridized carbons (Fsp3) is 0.500. The third-order valence-corrected chi connectivity index (χ3v) is 18.7. The van der Waals surface area contributed by atoms with Gasteiger partial charge in [0, 0.05) is 110 Å². The number of guanidine groups is 2. The summed E-state index contributed by atoms with van der Waals surface area (Å²) in [6.07, 6.45) is 4.77. The number of primary amides is 1. The Kier molecular flexibility index (Phi) is 45.3. The van der Waals surface area contributed by atoms with Gasteiger partial charge in [-0.05, 0) is 162 Å². The molecule has 0 bridgehead atoms. The van der Waals surface area contributed by atoms with Gasteiger partial charge in [-0.3, -0.25) is 77.3 Å². The number of aliphatic hydroxyl groups is 1. The molecule has 2 unspecified atom stereocenters. The number of pyridine rings is 1. The number of aliphatic imine (C=N–C) groups is 2. The number of rotatable bonds is 44. The number of nitrogens with two attached hydrogens (primary N) is 1. The third-order valence-electron chi connectivity index (χ3n) is 18.5. The largest absolute Gasteiger partial charge is 0.508 e. The minimum Gasteiger partial charge on any atom is -0.508 e. The second kappa shape index (κ2) is 54.1. The van der Waals surface area contributed by atoms with Crippen molar-refractivity contribution in [1.82, 2.24) is 79.0 Å². The Hall–Kier alpha value is -12.0. The maximum atomic E-state index is 15.2. The van der Waals surface area contributed by atoms with Gasteiger partial charge in [-0.25, -0.2) is 0 Å². The molecule has 0 radical (unpaired) electrons. The molecule has 1 aliphatic rings. The van der Waals surface area contributed by atoms with Gasteiger partial charge in [-0.2, -0.15) is 0 Å². The maximum Gasteiger partial charge on any atom is 0.300 e. The molecule has 1 saturated heterocycles. The number of unbranched alkanes of at least 4 members (excludes halogenated alkanes) is 2. The van der Waals surface area contributed by atoms with Crippen LogP contribution in [0.1, 0.15) is 149 Å². The first-order chi connectivity index (χ1) is 57.2. The molecule has 1 fully saturated rings. The summed E-state index contributed by atoms with van der Waals surface area (Å²) in [6.45, 7) is 18.5. The number of hydrogen-bond donors (Lipinski definition) is 18. The van der Waals surface area contributed by atoms with Gasteiger partial charge in [-0.1, -0.05) is 98.2 Å². The number of carbonyl (C=O) groups excluding carboxylic acids is 11. The Balaban J connectivity index is 0.00000361. The molecule has 19 N–H and O–H groups in total. The van der Waals surface area contributed by atoms with Crippen LogP contribution in [-0.2, 0) is 88.0 Å². The van der Waals surface area contributed by atoms with Crippen molar-refractivity contribution in [3.63, 3.8) is 0 Å². The SMILES string of the molecule is CC(=O)O.CC(=O)O.CCNC(=NCCCC[C@H](NC(=O)[C@H](CC(C)C)NC(=O)[C@@H](CCCCN=C(NCC)NCC)NC(=O)[C@@H](Cc1ccc(O)cc1)NC(=O)[C@@H](CO)NC(=O)[C@H](Cc1cccnc1)NC(=O)[C@H](Cc1ccc(Cl)cc1)NC(=O)C(Cc1ccc2ccccc2c1)NC(C)=O)C(=O)N1CCCC1C(=O)N[C@H](C)C(N)=O)NCC. The number of amides is 11. The molecule has 2 heterocycles. The molecular weight excluding hydrogens is 1570 g/mol. The summed E-state index contributed by atoms with van der Waals surface area (Å²) >= 11 is 6.26. The number of carboxylic acids is 2. The van der Waals surface area contributed by atoms with Gasteiger partial charge < -0.3 is 100 Å². The smallest absolute Gasteiger partial charge is 0.300 e. The second-order valence-corrected chi connectivity index (χ2v) is 29.5. The van der Waals surface area contributed by atoms with Gasteiger partial charge in [0.15, 0.2) is 11.9 Å². The van der Waals surface area contributed by atoms with E-state index in [4.69, 9.17) is 37.1 Å². The Labute approximate surface area is 705 Å². The molecule has 36 heteroatoms. The van der Waals surface area contributed by atoms with E-state index in [0.717, 1.165) is 24.6 Å². The molecule has 656 valence electrons. The van der Waals surface area contributed by atoms with Crippen LogP contribution in [0, 0.1) is 5.92 Å². The number of hydrogen-bond acceptors (Lipinski definition) is 18. The fourth-order valence-corrected chi connectivity index (χ4v) is 12.8. The topological polar surface area (TPSA) is 526 Å². The Morgan fingerprint density at radius 3 is 1.39 bits per heavy atom. The molecule has 4 aromatic carbocycles. The standard InChI is InChI=1S/C80H113ClN18O13.2C2H4O2/c1-9-84-79(85-10-2)88-38-17-15-24-60(70(104)94-62(41-49(5)6)71(105)93-61(25-16-18-39-89-80(86-11-3)87-12-4)78(112)99-40-20-26-68(99)77(111)90-50(7)69(82)103)92-73(107)64(44-53-30-35-59(102)36-31-53)97-76(110)67(48-100)98-75(109)66(46-55-21-19-37-83-47-55)96-74(108)65(43-52-28-33-58(81)34-29-52)95-72(106)63(91-51(8)101)45-54-27-32-56-22-13-14-23-57(56)42-54;2*1-2(3)4/h13-14,19,21-23,27-37,42,47,49-50,60-68,100,102H,9-12,15-18,20,24-26,38-41,43-46,48H2,1-8H3,(H2,82,103)(H,90,111)(H,91,101)(H,92,107)(H,93,105)(H,94,104)(H,95,106)(H,96,108)(H,97,110)(H,98,109)(H2,84,85,88)(H2,86,87,89);2*1H3,(H,3,4)/t50-,60-,61+,62+,63?,64-,65+,66+,67-,68?;;/m1../s1. The van der Waals surface area contributed by atoms with Crippen molar-refractivity contribution in [2.24, 2.45) is 21.6 Å². The van der Waals surface area contributed by atoms with Crippen LogP contribution in [0.5, 0.6) is 5.75 Å². The van der Waals surface area contributed by atoms with Gasteiger partial charge in [0.25, 0.3) is 11.9 Å². The first kappa shape index (κ1) is 100. The summed E-state index contributed by atoms with van der Waals surface area (Å²) in [6, 6.07) is 15.3. The lowest BCUT2D eigenvalue weighted by molar-refractivity contribution is -0.142. The molecule has 35 nitrogen and oxygen atoms in total. The number of phenols is 1. The van der Waals surface area contributed by atoms with Crippen LogP contribution in [0.25, 0.3) is 10.8 Å². The Morgan fingerprint density at radius 1 is 0.500 bits per heavy atom. The predicted octanol–water partition coefficient (Wildman–Crippen LogP) is 2.45. The molecule has 1 aromatic heterocycles. The fourth-order valence-electron chi connectivity index (χ4n) is 12.7. The number of aromatic nitrogens is 1. The quantitative estimate of drug-likeness (QED) is 0.0151. The summed E-state index contributed by atoms with van der Waals surface area (Å²) in [5, 5.41) is 75.8. The molecule has 5 aromatic rings. The minimum absolute atomic E-state index is 0.0365. The first-order valence-corrected chi connectivity index (χ1v) is 40.8. The summed E-state index contributed by atoms with van der Waals surface area (Å²) in [5.74, 6) is -9.39. The van der Waals surface area contributed by atoms with Crippen molar-refractivity contribution in [1.29, 1.82) is 0 Å². The van der Waals surface area contributed by atoms with E-state index < -0.39 is 144 Å². The zero-order valence-corrected chi connectivity index (χ0v) is 70.8. The molecule has 0 spiro atoms. The van der Waals surface area contributed by atoms with Crippen LogP contribution in [0.2, 0.25) is 5.02 Å². The lowest BCUT2D eigenvalue weighted by Gasteiger charge is -2.31. The number of nitrogens with zero attached hydrogens (tertiary/aromatic N) is 4. The lowest BCUT2D eigenvalue weighted by Crippen LogP contribution is -2.61. The van der Waals surface area contributed by atoms with Gasteiger partial charge >= 0.3 is 0 Å². The zero-order valence-electron chi connectivity index (χ0n) is 70.0. The highest BCUT2D eigenvalue weighted by Crippen LogP contribution is 2.23. The van der Waals surface area contributed by atoms with Gasteiger partial charge in [-0.15, -0.1) is 0 Å². The van der Waals surface area contributed by atoms with Crippen LogP contribution < -0.4 is 74.9 Å². The second-order valence-electron chi connectivity index (χ2n) is 29.1. The average Bonchev–Trinajstić information content (AvgIpc) is 1.74. The van der Waals surface area contributed by atoms with E-state index in [1.54, 1.807) is 36.4 Å². The number of phenolic OH excluding ortho intramolecular Hbond substituents is 1. The zero-order chi connectivity index (χ0) is 88.8. The number of likely N-dealkylation sites (tertiary alicyclic amines) is 1. The Morgan fingerprint density at radius 2 is 0.917 bits per heavy atom. The monoisotopic (exact) mass is 1690 g/mol. The van der Waals surface area contributed by atoms with Crippen molar-refractivity contribution in [3.05, 3.63) is 143 Å². The highest BCUT2D eigenvalue weighted by atomic mass is 35.5. The van der Waals surface area contributed by atoms with Crippen molar-refractivity contribution in [3.8, 4) is 5.75 Å². The summed E-state index contributed by atoms with van der Waals surface area (Å²) in [5.41, 5.74) is 7.61. The molecule has 1 aliphatic heterocycles. The van der Waals surface area contributed by atoms with Gasteiger partial charge in [0.05, 0.1) is 6.61 Å². The molecule has 6 rings (SSSR count). The van der Waals surface area contributed by atoms with Gasteiger partial charge in [0.2, 0.25) is 65.0 Å². The van der Waals surface area contributed by atoms with Crippen molar-refractivity contribution < 1.29 is 82.8 Å². The number of benzene rings is 4.